The van der Waals surface area contributed by atoms with Crippen LogP contribution in [0.5, 0.6) is 5.75 Å². The highest BCUT2D eigenvalue weighted by atomic mass is 16.5. The van der Waals surface area contributed by atoms with Crippen LogP contribution >= 0.6 is 0 Å². The van der Waals surface area contributed by atoms with Crippen molar-refractivity contribution in [3.05, 3.63) is 41.7 Å². The third-order valence-corrected chi connectivity index (χ3v) is 2.50. The van der Waals surface area contributed by atoms with Gasteiger partial charge in [-0.25, -0.2) is 6.57 Å². The van der Waals surface area contributed by atoms with Crippen molar-refractivity contribution >= 4 is 0 Å². The fraction of sp³-hybridized carbons (Fsp3) is 0.500. The van der Waals surface area contributed by atoms with E-state index in [0.29, 0.717) is 0 Å². The van der Waals surface area contributed by atoms with Gasteiger partial charge >= 0.3 is 0 Å². The second-order valence-electron chi connectivity index (χ2n) is 3.99. The van der Waals surface area contributed by atoms with Crippen molar-refractivity contribution in [3.63, 3.8) is 0 Å². The quantitative estimate of drug-likeness (QED) is 0.498. The first-order valence-corrected chi connectivity index (χ1v) is 5.87. The molecule has 0 amide bonds. The van der Waals surface area contributed by atoms with Crippen LogP contribution in [0.3, 0.4) is 0 Å². The first-order chi connectivity index (χ1) is 7.83. The molecular weight excluding hydrogens is 198 g/mol. The van der Waals surface area contributed by atoms with Crippen LogP contribution in [0.2, 0.25) is 0 Å². The second-order valence-corrected chi connectivity index (χ2v) is 3.99. The Labute approximate surface area is 98.1 Å². The van der Waals surface area contributed by atoms with E-state index in [-0.39, 0.29) is 6.04 Å². The van der Waals surface area contributed by atoms with E-state index >= 15 is 0 Å². The molecule has 1 aromatic carbocycles. The Hall–Kier alpha value is -1.49. The van der Waals surface area contributed by atoms with Crippen molar-refractivity contribution in [2.24, 2.45) is 0 Å². The standard InChI is InChI=1S/C14H19NO/c1-13(15-2)9-5-4-8-12-16-14-10-6-3-7-11-14/h3,6-7,10-11,13H,4-5,8-9,12H2,1H3. The highest BCUT2D eigenvalue weighted by Gasteiger charge is 2.02. The van der Waals surface area contributed by atoms with E-state index in [1.165, 1.54) is 0 Å². The highest BCUT2D eigenvalue weighted by molar-refractivity contribution is 5.20. The summed E-state index contributed by atoms with van der Waals surface area (Å²) < 4.78 is 5.58. The predicted molar refractivity (Wildman–Crippen MR) is 66.5 cm³/mol. The van der Waals surface area contributed by atoms with Crippen molar-refractivity contribution in [1.29, 1.82) is 0 Å². The Balaban J connectivity index is 1.99. The van der Waals surface area contributed by atoms with E-state index in [9.17, 15) is 0 Å². The number of para-hydroxylation sites is 1. The topological polar surface area (TPSA) is 13.6 Å². The summed E-state index contributed by atoms with van der Waals surface area (Å²) in [5.74, 6) is 0.942. The first kappa shape index (κ1) is 12.6. The molecule has 86 valence electrons. The molecule has 0 radical (unpaired) electrons. The Morgan fingerprint density at radius 2 is 1.94 bits per heavy atom. The van der Waals surface area contributed by atoms with Crippen molar-refractivity contribution in [1.82, 2.24) is 0 Å². The van der Waals surface area contributed by atoms with Crippen LogP contribution in [-0.2, 0) is 0 Å². The largest absolute Gasteiger partial charge is 0.494 e. The summed E-state index contributed by atoms with van der Waals surface area (Å²) in [6.07, 6.45) is 4.35. The van der Waals surface area contributed by atoms with Crippen LogP contribution in [0.4, 0.5) is 0 Å². The molecule has 0 saturated heterocycles. The van der Waals surface area contributed by atoms with Crippen LogP contribution in [0.25, 0.3) is 4.85 Å². The lowest BCUT2D eigenvalue weighted by Gasteiger charge is -2.05. The molecule has 1 unspecified atom stereocenters. The lowest BCUT2D eigenvalue weighted by Crippen LogP contribution is -1.98. The summed E-state index contributed by atoms with van der Waals surface area (Å²) in [5, 5.41) is 0. The molecular formula is C14H19NO. The molecule has 0 bridgehead atoms. The van der Waals surface area contributed by atoms with Gasteiger partial charge in [0.25, 0.3) is 0 Å². The lowest BCUT2D eigenvalue weighted by molar-refractivity contribution is 0.304. The minimum atomic E-state index is 0.176. The molecule has 0 aliphatic carbocycles. The maximum absolute atomic E-state index is 6.84. The zero-order valence-electron chi connectivity index (χ0n) is 9.86. The zero-order chi connectivity index (χ0) is 11.6. The summed E-state index contributed by atoms with van der Waals surface area (Å²) in [6, 6.07) is 10.1. The van der Waals surface area contributed by atoms with Gasteiger partial charge in [0.2, 0.25) is 6.04 Å². The number of hydrogen-bond donors (Lipinski definition) is 0. The molecule has 1 rings (SSSR count). The van der Waals surface area contributed by atoms with Crippen molar-refractivity contribution in [3.8, 4) is 5.75 Å². The fourth-order valence-electron chi connectivity index (χ4n) is 1.49. The van der Waals surface area contributed by atoms with E-state index in [0.717, 1.165) is 38.0 Å². The molecule has 0 aromatic heterocycles. The molecule has 0 fully saturated rings. The maximum Gasteiger partial charge on any atom is 0.221 e. The summed E-state index contributed by atoms with van der Waals surface area (Å²) in [4.78, 5) is 3.47. The van der Waals surface area contributed by atoms with E-state index in [4.69, 9.17) is 11.3 Å². The van der Waals surface area contributed by atoms with Crippen molar-refractivity contribution in [2.45, 2.75) is 38.6 Å². The van der Waals surface area contributed by atoms with Gasteiger partial charge in [0.15, 0.2) is 0 Å². The maximum atomic E-state index is 6.84. The number of rotatable bonds is 7. The zero-order valence-corrected chi connectivity index (χ0v) is 9.86. The van der Waals surface area contributed by atoms with Crippen molar-refractivity contribution in [2.75, 3.05) is 6.61 Å². The summed E-state index contributed by atoms with van der Waals surface area (Å²) in [6.45, 7) is 9.59. The Bertz CT molecular complexity index is 315. The molecule has 2 heteroatoms. The molecule has 1 atom stereocenters. The van der Waals surface area contributed by atoms with Crippen LogP contribution in [-0.4, -0.2) is 12.6 Å². The first-order valence-electron chi connectivity index (χ1n) is 5.87. The van der Waals surface area contributed by atoms with Crippen LogP contribution in [0.15, 0.2) is 30.3 Å². The van der Waals surface area contributed by atoms with Gasteiger partial charge in [-0.2, -0.15) is 0 Å². The van der Waals surface area contributed by atoms with Gasteiger partial charge in [-0.1, -0.05) is 18.2 Å². The number of unbranched alkanes of at least 4 members (excludes halogenated alkanes) is 2. The monoisotopic (exact) mass is 217 g/mol. The highest BCUT2D eigenvalue weighted by Crippen LogP contribution is 2.10. The Morgan fingerprint density at radius 3 is 2.62 bits per heavy atom. The van der Waals surface area contributed by atoms with Crippen molar-refractivity contribution < 1.29 is 4.74 Å². The SMILES string of the molecule is [C-]#[N+]C(C)CCCCCOc1ccccc1. The lowest BCUT2D eigenvalue weighted by atomic mass is 10.1. The van der Waals surface area contributed by atoms with Crippen LogP contribution < -0.4 is 4.74 Å². The number of ether oxygens (including phenoxy) is 1. The predicted octanol–water partition coefficient (Wildman–Crippen LogP) is 3.93. The number of hydrogen-bond acceptors (Lipinski definition) is 1. The molecule has 0 heterocycles. The average molecular weight is 217 g/mol. The second kappa shape index (κ2) is 7.76. The van der Waals surface area contributed by atoms with Gasteiger partial charge in [-0.05, 0) is 31.4 Å². The molecule has 1 aromatic rings. The number of benzene rings is 1. The summed E-state index contributed by atoms with van der Waals surface area (Å²) in [7, 11) is 0. The van der Waals surface area contributed by atoms with Gasteiger partial charge in [0.1, 0.15) is 5.75 Å². The van der Waals surface area contributed by atoms with Gasteiger partial charge in [-0.15, -0.1) is 0 Å². The minimum absolute atomic E-state index is 0.176. The van der Waals surface area contributed by atoms with E-state index in [1.54, 1.807) is 0 Å². The molecule has 2 nitrogen and oxygen atoms in total. The average Bonchev–Trinajstić information content (AvgIpc) is 2.34. The molecule has 0 aliphatic rings. The van der Waals surface area contributed by atoms with Crippen LogP contribution in [0, 0.1) is 6.57 Å². The fourth-order valence-corrected chi connectivity index (χ4v) is 1.49. The Kier molecular flexibility index (Phi) is 6.10. The van der Waals surface area contributed by atoms with Gasteiger partial charge in [-0.3, -0.25) is 0 Å². The molecule has 0 saturated carbocycles. The third-order valence-electron chi connectivity index (χ3n) is 2.50. The Morgan fingerprint density at radius 1 is 1.19 bits per heavy atom. The van der Waals surface area contributed by atoms with Gasteiger partial charge in [0.05, 0.1) is 6.61 Å². The van der Waals surface area contributed by atoms with Crippen LogP contribution in [0.1, 0.15) is 32.6 Å². The molecule has 0 spiro atoms. The smallest absolute Gasteiger partial charge is 0.221 e. The molecule has 16 heavy (non-hydrogen) atoms. The summed E-state index contributed by atoms with van der Waals surface area (Å²) >= 11 is 0. The van der Waals surface area contributed by atoms with E-state index in [1.807, 2.05) is 37.3 Å². The number of nitrogens with zero attached hydrogens (tertiary/aromatic N) is 1. The van der Waals surface area contributed by atoms with Gasteiger partial charge in [0, 0.05) is 13.3 Å². The van der Waals surface area contributed by atoms with E-state index in [2.05, 4.69) is 4.85 Å². The van der Waals surface area contributed by atoms with Gasteiger partial charge < -0.3 is 9.58 Å². The third kappa shape index (κ3) is 5.41. The summed E-state index contributed by atoms with van der Waals surface area (Å²) in [5.41, 5.74) is 0. The molecule has 0 aliphatic heterocycles. The normalized spacial score (nSPS) is 11.8. The minimum Gasteiger partial charge on any atom is -0.494 e. The molecule has 0 N–H and O–H groups in total. The van der Waals surface area contributed by atoms with E-state index < -0.39 is 0 Å².